The summed E-state index contributed by atoms with van der Waals surface area (Å²) in [5.74, 6) is 0.417. The SMILES string of the molecule is CCCn1ccnc1CN1CCN(CCC(=O)O)CC1. The van der Waals surface area contributed by atoms with E-state index in [0.717, 1.165) is 51.5 Å². The van der Waals surface area contributed by atoms with Crippen LogP contribution in [-0.2, 0) is 17.9 Å². The van der Waals surface area contributed by atoms with E-state index >= 15 is 0 Å². The first-order valence-electron chi connectivity index (χ1n) is 7.35. The van der Waals surface area contributed by atoms with Crippen LogP contribution in [0.1, 0.15) is 25.6 Å². The number of imidazole rings is 1. The second kappa shape index (κ2) is 7.40. The molecule has 1 aromatic heterocycles. The molecule has 0 atom stereocenters. The fraction of sp³-hybridized carbons (Fsp3) is 0.714. The number of piperazine rings is 1. The van der Waals surface area contributed by atoms with E-state index < -0.39 is 5.97 Å². The van der Waals surface area contributed by atoms with Crippen LogP contribution in [0.3, 0.4) is 0 Å². The van der Waals surface area contributed by atoms with Crippen LogP contribution in [-0.4, -0.2) is 63.2 Å². The van der Waals surface area contributed by atoms with Crippen molar-refractivity contribution in [1.29, 1.82) is 0 Å². The van der Waals surface area contributed by atoms with E-state index in [9.17, 15) is 4.79 Å². The first kappa shape index (κ1) is 15.0. The number of rotatable bonds is 7. The third-order valence-electron chi connectivity index (χ3n) is 3.74. The van der Waals surface area contributed by atoms with Gasteiger partial charge >= 0.3 is 5.97 Å². The van der Waals surface area contributed by atoms with Gasteiger partial charge in [0.1, 0.15) is 5.82 Å². The van der Waals surface area contributed by atoms with Crippen LogP contribution in [0.25, 0.3) is 0 Å². The molecule has 0 saturated carbocycles. The molecule has 1 saturated heterocycles. The lowest BCUT2D eigenvalue weighted by Gasteiger charge is -2.34. The molecule has 0 amide bonds. The number of hydrogen-bond donors (Lipinski definition) is 1. The van der Waals surface area contributed by atoms with Gasteiger partial charge in [0, 0.05) is 51.7 Å². The zero-order valence-electron chi connectivity index (χ0n) is 12.2. The Morgan fingerprint density at radius 2 is 1.95 bits per heavy atom. The molecule has 112 valence electrons. The summed E-state index contributed by atoms with van der Waals surface area (Å²) in [5.41, 5.74) is 0. The normalized spacial score (nSPS) is 17.4. The van der Waals surface area contributed by atoms with Gasteiger partial charge in [-0.1, -0.05) is 6.92 Å². The number of carboxylic acids is 1. The van der Waals surface area contributed by atoms with E-state index in [1.165, 1.54) is 0 Å². The van der Waals surface area contributed by atoms with Crippen LogP contribution in [0.15, 0.2) is 12.4 Å². The molecule has 2 heterocycles. The van der Waals surface area contributed by atoms with Gasteiger partial charge in [-0.25, -0.2) is 4.98 Å². The Bertz CT molecular complexity index is 425. The van der Waals surface area contributed by atoms with Crippen molar-refractivity contribution in [3.05, 3.63) is 18.2 Å². The molecule has 0 unspecified atom stereocenters. The van der Waals surface area contributed by atoms with Gasteiger partial charge in [-0.15, -0.1) is 0 Å². The average molecular weight is 280 g/mol. The van der Waals surface area contributed by atoms with E-state index in [0.29, 0.717) is 6.54 Å². The molecule has 0 spiro atoms. The lowest BCUT2D eigenvalue weighted by molar-refractivity contribution is -0.137. The zero-order valence-corrected chi connectivity index (χ0v) is 12.2. The molecular formula is C14H24N4O2. The number of aryl methyl sites for hydroxylation is 1. The molecule has 0 bridgehead atoms. The highest BCUT2D eigenvalue weighted by Gasteiger charge is 2.18. The Morgan fingerprint density at radius 1 is 1.25 bits per heavy atom. The molecule has 1 aliphatic heterocycles. The van der Waals surface area contributed by atoms with Crippen molar-refractivity contribution in [3.8, 4) is 0 Å². The Hall–Kier alpha value is -1.40. The van der Waals surface area contributed by atoms with Crippen molar-refractivity contribution < 1.29 is 9.90 Å². The molecule has 20 heavy (non-hydrogen) atoms. The lowest BCUT2D eigenvalue weighted by atomic mass is 10.3. The second-order valence-corrected chi connectivity index (χ2v) is 5.30. The molecular weight excluding hydrogens is 256 g/mol. The van der Waals surface area contributed by atoms with Crippen molar-refractivity contribution in [2.24, 2.45) is 0 Å². The molecule has 1 aliphatic rings. The lowest BCUT2D eigenvalue weighted by Crippen LogP contribution is -2.46. The smallest absolute Gasteiger partial charge is 0.304 e. The molecule has 6 nitrogen and oxygen atoms in total. The number of hydrogen-bond acceptors (Lipinski definition) is 4. The third-order valence-corrected chi connectivity index (χ3v) is 3.74. The molecule has 1 fully saturated rings. The molecule has 2 rings (SSSR count). The zero-order chi connectivity index (χ0) is 14.4. The maximum absolute atomic E-state index is 10.6. The fourth-order valence-electron chi connectivity index (χ4n) is 2.56. The fourth-order valence-corrected chi connectivity index (χ4v) is 2.56. The quantitative estimate of drug-likeness (QED) is 0.803. The maximum Gasteiger partial charge on any atom is 0.304 e. The summed E-state index contributed by atoms with van der Waals surface area (Å²) >= 11 is 0. The van der Waals surface area contributed by atoms with Gasteiger partial charge in [0.2, 0.25) is 0 Å². The van der Waals surface area contributed by atoms with E-state index in [4.69, 9.17) is 5.11 Å². The van der Waals surface area contributed by atoms with Crippen LogP contribution in [0.5, 0.6) is 0 Å². The Kier molecular flexibility index (Phi) is 5.55. The van der Waals surface area contributed by atoms with Crippen LogP contribution in [0, 0.1) is 0 Å². The maximum atomic E-state index is 10.6. The van der Waals surface area contributed by atoms with Gasteiger partial charge in [-0.05, 0) is 6.42 Å². The van der Waals surface area contributed by atoms with Gasteiger partial charge in [0.15, 0.2) is 0 Å². The molecule has 0 aromatic carbocycles. The highest BCUT2D eigenvalue weighted by Crippen LogP contribution is 2.08. The Morgan fingerprint density at radius 3 is 2.60 bits per heavy atom. The van der Waals surface area contributed by atoms with E-state index in [2.05, 4.69) is 26.3 Å². The molecule has 6 heteroatoms. The predicted octanol–water partition coefficient (Wildman–Crippen LogP) is 0.885. The predicted molar refractivity (Wildman–Crippen MR) is 76.5 cm³/mol. The summed E-state index contributed by atoms with van der Waals surface area (Å²) in [6, 6.07) is 0. The Labute approximate surface area is 120 Å². The molecule has 1 aromatic rings. The summed E-state index contributed by atoms with van der Waals surface area (Å²) in [5, 5.41) is 8.70. The highest BCUT2D eigenvalue weighted by atomic mass is 16.4. The van der Waals surface area contributed by atoms with Crippen LogP contribution in [0.2, 0.25) is 0 Å². The summed E-state index contributed by atoms with van der Waals surface area (Å²) in [4.78, 5) is 19.6. The largest absolute Gasteiger partial charge is 0.481 e. The molecule has 0 radical (unpaired) electrons. The topological polar surface area (TPSA) is 61.6 Å². The highest BCUT2D eigenvalue weighted by molar-refractivity contribution is 5.66. The monoisotopic (exact) mass is 280 g/mol. The summed E-state index contributed by atoms with van der Waals surface area (Å²) in [7, 11) is 0. The van der Waals surface area contributed by atoms with E-state index in [1.807, 2.05) is 12.4 Å². The van der Waals surface area contributed by atoms with Gasteiger partial charge in [-0.3, -0.25) is 9.69 Å². The number of aliphatic carboxylic acids is 1. The second-order valence-electron chi connectivity index (χ2n) is 5.30. The Balaban J connectivity index is 1.76. The first-order chi connectivity index (χ1) is 9.69. The van der Waals surface area contributed by atoms with Gasteiger partial charge in [0.05, 0.1) is 13.0 Å². The van der Waals surface area contributed by atoms with Crippen LogP contribution in [0.4, 0.5) is 0 Å². The molecule has 0 aliphatic carbocycles. The standard InChI is InChI=1S/C14H24N4O2/c1-2-5-18-7-4-15-13(18)12-17-10-8-16(9-11-17)6-3-14(19)20/h4,7H,2-3,5-6,8-12H2,1H3,(H,19,20). The van der Waals surface area contributed by atoms with E-state index in [1.54, 1.807) is 0 Å². The van der Waals surface area contributed by atoms with Crippen LogP contribution < -0.4 is 0 Å². The van der Waals surface area contributed by atoms with Crippen molar-refractivity contribution in [2.45, 2.75) is 32.9 Å². The molecule has 1 N–H and O–H groups in total. The number of nitrogens with zero attached hydrogens (tertiary/aromatic N) is 4. The number of carbonyl (C=O) groups is 1. The minimum atomic E-state index is -0.714. The van der Waals surface area contributed by atoms with Gasteiger partial charge in [0.25, 0.3) is 0 Å². The minimum absolute atomic E-state index is 0.237. The van der Waals surface area contributed by atoms with Crippen molar-refractivity contribution in [3.63, 3.8) is 0 Å². The van der Waals surface area contributed by atoms with Crippen molar-refractivity contribution >= 4 is 5.97 Å². The van der Waals surface area contributed by atoms with Crippen molar-refractivity contribution in [2.75, 3.05) is 32.7 Å². The summed E-state index contributed by atoms with van der Waals surface area (Å²) < 4.78 is 2.22. The third kappa shape index (κ3) is 4.31. The van der Waals surface area contributed by atoms with Gasteiger partial charge < -0.3 is 14.6 Å². The first-order valence-corrected chi connectivity index (χ1v) is 7.35. The number of aromatic nitrogens is 2. The summed E-state index contributed by atoms with van der Waals surface area (Å²) in [6.45, 7) is 8.60. The minimum Gasteiger partial charge on any atom is -0.481 e. The average Bonchev–Trinajstić information content (AvgIpc) is 2.86. The summed E-state index contributed by atoms with van der Waals surface area (Å²) in [6.07, 6.45) is 5.27. The van der Waals surface area contributed by atoms with Crippen LogP contribution >= 0.6 is 0 Å². The number of carboxylic acid groups (broad SMARTS) is 1. The van der Waals surface area contributed by atoms with Crippen molar-refractivity contribution in [1.82, 2.24) is 19.4 Å². The van der Waals surface area contributed by atoms with E-state index in [-0.39, 0.29) is 6.42 Å². The van der Waals surface area contributed by atoms with Gasteiger partial charge in [-0.2, -0.15) is 0 Å².